The van der Waals surface area contributed by atoms with Gasteiger partial charge >= 0.3 is 5.97 Å². The maximum Gasteiger partial charge on any atom is 0.310 e. The topological polar surface area (TPSA) is 43.4 Å². The fourth-order valence-corrected chi connectivity index (χ4v) is 4.80. The summed E-state index contributed by atoms with van der Waals surface area (Å²) in [6, 6.07) is 0. The number of allylic oxidation sites excluding steroid dienone is 2. The summed E-state index contributed by atoms with van der Waals surface area (Å²) in [6.45, 7) is 3.98. The Hall–Kier alpha value is -1.12. The maximum atomic E-state index is 12.4. The molecule has 5 unspecified atom stereocenters. The highest BCUT2D eigenvalue weighted by atomic mass is 16.5. The van der Waals surface area contributed by atoms with Crippen molar-refractivity contribution in [2.24, 2.45) is 28.6 Å². The number of carbonyl (C=O) groups is 2. The monoisotopic (exact) mass is 234 g/mol. The van der Waals surface area contributed by atoms with Crippen LogP contribution in [0.1, 0.15) is 26.7 Å². The molecule has 0 radical (unpaired) electrons. The molecule has 17 heavy (non-hydrogen) atoms. The summed E-state index contributed by atoms with van der Waals surface area (Å²) in [4.78, 5) is 24.3. The molecule has 2 fully saturated rings. The van der Waals surface area contributed by atoms with Crippen molar-refractivity contribution >= 4 is 11.8 Å². The first-order valence-electron chi connectivity index (χ1n) is 6.34. The molecule has 2 bridgehead atoms. The predicted octanol–water partition coefficient (Wildman–Crippen LogP) is 1.97. The first-order valence-corrected chi connectivity index (χ1v) is 6.34. The van der Waals surface area contributed by atoms with Crippen LogP contribution in [0.25, 0.3) is 0 Å². The Balaban J connectivity index is 2.07. The highest BCUT2D eigenvalue weighted by molar-refractivity contribution is 5.99. The average molecular weight is 234 g/mol. The second-order valence-corrected chi connectivity index (χ2v) is 5.72. The van der Waals surface area contributed by atoms with Gasteiger partial charge in [-0.3, -0.25) is 9.59 Å². The summed E-state index contributed by atoms with van der Waals surface area (Å²) >= 11 is 0. The number of ketones is 1. The first-order chi connectivity index (χ1) is 8.05. The highest BCUT2D eigenvalue weighted by Crippen LogP contribution is 2.84. The number of esters is 1. The second-order valence-electron chi connectivity index (χ2n) is 5.72. The van der Waals surface area contributed by atoms with Gasteiger partial charge in [0.1, 0.15) is 5.78 Å². The fourth-order valence-electron chi connectivity index (χ4n) is 4.80. The summed E-state index contributed by atoms with van der Waals surface area (Å²) in [7, 11) is 1.42. The summed E-state index contributed by atoms with van der Waals surface area (Å²) in [5, 5.41) is 0. The SMILES string of the molecule is CCC(=O)C12C3C=CC(C3)C1(C)C2C(=O)OC. The van der Waals surface area contributed by atoms with Gasteiger partial charge in [-0.05, 0) is 18.3 Å². The van der Waals surface area contributed by atoms with Crippen LogP contribution >= 0.6 is 0 Å². The summed E-state index contributed by atoms with van der Waals surface area (Å²) in [5.41, 5.74) is -0.610. The molecule has 0 amide bonds. The molecular weight excluding hydrogens is 216 g/mol. The Morgan fingerprint density at radius 2 is 2.00 bits per heavy atom. The molecule has 0 aliphatic heterocycles. The van der Waals surface area contributed by atoms with Crippen LogP contribution in [0, 0.1) is 28.6 Å². The van der Waals surface area contributed by atoms with Crippen molar-refractivity contribution in [2.75, 3.05) is 7.11 Å². The van der Waals surface area contributed by atoms with Gasteiger partial charge in [-0.1, -0.05) is 26.0 Å². The standard InChI is InChI=1S/C14H18O3/c1-4-10(15)14-9-6-5-8(7-9)13(14,2)11(14)12(16)17-3/h5-6,8-9,11H,4,7H2,1-3H3. The van der Waals surface area contributed by atoms with Crippen molar-refractivity contribution in [3.8, 4) is 0 Å². The third-order valence-corrected chi connectivity index (χ3v) is 5.52. The quantitative estimate of drug-likeness (QED) is 0.554. The van der Waals surface area contributed by atoms with Crippen LogP contribution in [0.2, 0.25) is 0 Å². The van der Waals surface area contributed by atoms with Gasteiger partial charge in [-0.25, -0.2) is 0 Å². The van der Waals surface area contributed by atoms with Crippen molar-refractivity contribution in [1.82, 2.24) is 0 Å². The molecule has 3 nitrogen and oxygen atoms in total. The van der Waals surface area contributed by atoms with Crippen LogP contribution in [0.4, 0.5) is 0 Å². The largest absolute Gasteiger partial charge is 0.469 e. The first kappa shape index (κ1) is 11.0. The molecule has 3 rings (SSSR count). The number of carbonyl (C=O) groups excluding carboxylic acids is 2. The van der Waals surface area contributed by atoms with E-state index in [0.717, 1.165) is 6.42 Å². The summed E-state index contributed by atoms with van der Waals surface area (Å²) in [6.07, 6.45) is 5.88. The predicted molar refractivity (Wildman–Crippen MR) is 62.1 cm³/mol. The lowest BCUT2D eigenvalue weighted by atomic mass is 9.80. The third-order valence-electron chi connectivity index (χ3n) is 5.52. The lowest BCUT2D eigenvalue weighted by Gasteiger charge is -2.21. The Labute approximate surface area is 101 Å². The van der Waals surface area contributed by atoms with E-state index < -0.39 is 5.41 Å². The summed E-state index contributed by atoms with van der Waals surface area (Å²) < 4.78 is 4.90. The van der Waals surface area contributed by atoms with Gasteiger partial charge < -0.3 is 4.74 Å². The van der Waals surface area contributed by atoms with Gasteiger partial charge in [-0.2, -0.15) is 0 Å². The van der Waals surface area contributed by atoms with E-state index in [9.17, 15) is 9.59 Å². The highest BCUT2D eigenvalue weighted by Gasteiger charge is 2.88. The molecule has 2 saturated carbocycles. The lowest BCUT2D eigenvalue weighted by molar-refractivity contribution is -0.145. The Bertz CT molecular complexity index is 439. The molecular formula is C14H18O3. The molecule has 3 aliphatic rings. The van der Waals surface area contributed by atoms with Gasteiger partial charge in [-0.15, -0.1) is 0 Å². The van der Waals surface area contributed by atoms with E-state index in [-0.39, 0.29) is 29.0 Å². The Morgan fingerprint density at radius 1 is 1.35 bits per heavy atom. The van der Waals surface area contributed by atoms with Crippen LogP contribution in [0.5, 0.6) is 0 Å². The molecule has 92 valence electrons. The van der Waals surface area contributed by atoms with Gasteiger partial charge in [0.15, 0.2) is 0 Å². The van der Waals surface area contributed by atoms with Gasteiger partial charge in [0.2, 0.25) is 0 Å². The molecule has 0 aromatic rings. The van der Waals surface area contributed by atoms with E-state index in [1.54, 1.807) is 0 Å². The number of fused-ring (bicyclic) bond motifs is 5. The lowest BCUT2D eigenvalue weighted by Crippen LogP contribution is -2.28. The number of rotatable bonds is 3. The van der Waals surface area contributed by atoms with Crippen LogP contribution in [-0.4, -0.2) is 18.9 Å². The number of hydrogen-bond donors (Lipinski definition) is 0. The molecule has 3 aliphatic carbocycles. The maximum absolute atomic E-state index is 12.4. The van der Waals surface area contributed by atoms with Crippen molar-refractivity contribution in [3.05, 3.63) is 12.2 Å². The molecule has 0 heterocycles. The van der Waals surface area contributed by atoms with E-state index in [2.05, 4.69) is 19.1 Å². The normalized spacial score (nSPS) is 49.0. The van der Waals surface area contributed by atoms with Gasteiger partial charge in [0.25, 0.3) is 0 Å². The Kier molecular flexibility index (Phi) is 1.94. The molecule has 3 heteroatoms. The number of ether oxygens (including phenoxy) is 1. The molecule has 0 spiro atoms. The van der Waals surface area contributed by atoms with Crippen molar-refractivity contribution < 1.29 is 14.3 Å². The van der Waals surface area contributed by atoms with E-state index in [4.69, 9.17) is 4.74 Å². The number of methoxy groups -OCH3 is 1. The average Bonchev–Trinajstić information content (AvgIpc) is 2.68. The minimum atomic E-state index is -0.436. The Morgan fingerprint density at radius 3 is 2.59 bits per heavy atom. The van der Waals surface area contributed by atoms with Crippen LogP contribution in [-0.2, 0) is 14.3 Å². The molecule has 0 aromatic heterocycles. The number of hydrogen-bond acceptors (Lipinski definition) is 3. The van der Waals surface area contributed by atoms with E-state index in [1.807, 2.05) is 6.92 Å². The van der Waals surface area contributed by atoms with Crippen LogP contribution in [0.15, 0.2) is 12.2 Å². The van der Waals surface area contributed by atoms with E-state index >= 15 is 0 Å². The molecule has 5 atom stereocenters. The minimum absolute atomic E-state index is 0.174. The minimum Gasteiger partial charge on any atom is -0.469 e. The van der Waals surface area contributed by atoms with Gasteiger partial charge in [0, 0.05) is 11.8 Å². The molecule has 0 saturated heterocycles. The van der Waals surface area contributed by atoms with E-state index in [1.165, 1.54) is 7.11 Å². The smallest absolute Gasteiger partial charge is 0.310 e. The molecule has 0 aromatic carbocycles. The summed E-state index contributed by atoms with van der Waals surface area (Å²) in [5.74, 6) is 0.465. The second kappa shape index (κ2) is 3.01. The van der Waals surface area contributed by atoms with Gasteiger partial charge in [0.05, 0.1) is 18.4 Å². The zero-order valence-electron chi connectivity index (χ0n) is 10.5. The van der Waals surface area contributed by atoms with Crippen molar-refractivity contribution in [1.29, 1.82) is 0 Å². The van der Waals surface area contributed by atoms with Crippen molar-refractivity contribution in [3.63, 3.8) is 0 Å². The zero-order chi connectivity index (χ0) is 12.4. The molecule has 0 N–H and O–H groups in total. The van der Waals surface area contributed by atoms with Crippen molar-refractivity contribution in [2.45, 2.75) is 26.7 Å². The van der Waals surface area contributed by atoms with Crippen LogP contribution < -0.4 is 0 Å². The third kappa shape index (κ3) is 0.883. The fraction of sp³-hybridized carbons (Fsp3) is 0.714. The number of Topliss-reactive ketones (excluding diaryl/α,β-unsaturated/α-hetero) is 1. The zero-order valence-corrected chi connectivity index (χ0v) is 10.5. The van der Waals surface area contributed by atoms with Crippen LogP contribution in [0.3, 0.4) is 0 Å². The van der Waals surface area contributed by atoms with E-state index in [0.29, 0.717) is 12.3 Å².